The van der Waals surface area contributed by atoms with Crippen LogP contribution in [0.2, 0.25) is 0 Å². The fourth-order valence-electron chi connectivity index (χ4n) is 3.26. The molecule has 4 heterocycles. The molecule has 178 valence electrons. The van der Waals surface area contributed by atoms with Gasteiger partial charge in [0.2, 0.25) is 0 Å². The molecule has 2 atom stereocenters. The van der Waals surface area contributed by atoms with Gasteiger partial charge in [-0.3, -0.25) is 19.3 Å². The van der Waals surface area contributed by atoms with Crippen molar-refractivity contribution in [2.24, 2.45) is 5.16 Å². The maximum atomic E-state index is 12.9. The van der Waals surface area contributed by atoms with Crippen molar-refractivity contribution in [2.75, 3.05) is 24.3 Å². The van der Waals surface area contributed by atoms with Crippen LogP contribution in [-0.4, -0.2) is 68.5 Å². The summed E-state index contributed by atoms with van der Waals surface area (Å²) < 4.78 is 26.4. The van der Waals surface area contributed by atoms with Gasteiger partial charge in [0.05, 0.1) is 22.0 Å². The van der Waals surface area contributed by atoms with Gasteiger partial charge in [0.1, 0.15) is 24.1 Å². The third-order valence-electron chi connectivity index (χ3n) is 4.74. The van der Waals surface area contributed by atoms with E-state index < -0.39 is 47.1 Å². The Morgan fingerprint density at radius 2 is 2.31 bits per heavy atom. The molecule has 4 rings (SSSR count). The summed E-state index contributed by atoms with van der Waals surface area (Å²) in [6, 6.07) is 1.87. The van der Waals surface area contributed by atoms with Crippen molar-refractivity contribution < 1.29 is 67.2 Å². The second-order valence-electron chi connectivity index (χ2n) is 6.76. The van der Waals surface area contributed by atoms with E-state index in [2.05, 4.69) is 20.3 Å². The summed E-state index contributed by atoms with van der Waals surface area (Å²) in [6.45, 7) is 0. The summed E-state index contributed by atoms with van der Waals surface area (Å²) in [7, 11) is -2.95. The first-order chi connectivity index (χ1) is 17.5. The van der Waals surface area contributed by atoms with Crippen LogP contribution in [0, 0.1) is 0 Å². The van der Waals surface area contributed by atoms with Crippen LogP contribution in [-0.2, 0) is 19.2 Å². The average molecular weight is 549 g/mol. The number of furan rings is 1. The third-order valence-corrected chi connectivity index (χ3v) is 7.71. The molecule has 0 saturated carbocycles. The standard InChI is InChI=1S/C19H17N5O7S3.Na/c1-30-23-11(9-7-34-19(20)21-9)14(25)22-12-15(26)24-13(17(27)28)8(5-32-16(12)24)6-33-18(29)10-3-2-4-31-10;/h2-4,7,12,16H,5-6H2,1H3,(H2,20,21)(H,22,25)(H,27,28);/q;+1/p-1/b23-11-;/t12-,16-;/m1./s1/i1D3;. The van der Waals surface area contributed by atoms with E-state index in [1.165, 1.54) is 29.5 Å². The smallest absolute Gasteiger partial charge is 0.543 e. The van der Waals surface area contributed by atoms with E-state index in [9.17, 15) is 24.3 Å². The van der Waals surface area contributed by atoms with E-state index in [1.807, 2.05) is 0 Å². The van der Waals surface area contributed by atoms with E-state index in [4.69, 9.17) is 14.3 Å². The maximum Gasteiger partial charge on any atom is 1.00 e. The number of thioether (sulfide) groups is 2. The number of carbonyl (C=O) groups excluding carboxylic acids is 4. The van der Waals surface area contributed by atoms with E-state index in [0.29, 0.717) is 5.57 Å². The zero-order valence-corrected chi connectivity index (χ0v) is 22.3. The number of hydrogen-bond acceptors (Lipinski definition) is 13. The normalized spacial score (nSPS) is 21.0. The first kappa shape index (κ1) is 23.1. The zero-order valence-electron chi connectivity index (χ0n) is 20.9. The molecule has 2 aromatic heterocycles. The summed E-state index contributed by atoms with van der Waals surface area (Å²) in [5, 5.41) is 17.9. The van der Waals surface area contributed by atoms with Gasteiger partial charge in [-0.05, 0) is 17.7 Å². The Kier molecular flexibility index (Phi) is 7.68. The van der Waals surface area contributed by atoms with Gasteiger partial charge in [-0.1, -0.05) is 16.9 Å². The molecule has 2 amide bonds. The number of hydrogen-bond donors (Lipinski definition) is 2. The van der Waals surface area contributed by atoms with Gasteiger partial charge >= 0.3 is 29.6 Å². The Bertz CT molecular complexity index is 1320. The van der Waals surface area contributed by atoms with Crippen LogP contribution in [0.3, 0.4) is 0 Å². The molecule has 0 radical (unpaired) electrons. The quantitative estimate of drug-likeness (QED) is 0.146. The van der Waals surface area contributed by atoms with Crippen molar-refractivity contribution in [1.82, 2.24) is 15.2 Å². The van der Waals surface area contributed by atoms with Crippen LogP contribution in [0.5, 0.6) is 0 Å². The molecule has 0 spiro atoms. The van der Waals surface area contributed by atoms with Crippen LogP contribution in [0.1, 0.15) is 20.4 Å². The number of carbonyl (C=O) groups is 4. The molecule has 0 bridgehead atoms. The van der Waals surface area contributed by atoms with Gasteiger partial charge in [-0.15, -0.1) is 23.1 Å². The van der Waals surface area contributed by atoms with Crippen LogP contribution in [0.25, 0.3) is 0 Å². The van der Waals surface area contributed by atoms with Gasteiger partial charge in [0.25, 0.3) is 16.9 Å². The van der Waals surface area contributed by atoms with Crippen LogP contribution in [0.15, 0.2) is 44.6 Å². The van der Waals surface area contributed by atoms with E-state index in [-0.39, 0.29) is 63.3 Å². The Labute approximate surface area is 237 Å². The number of oxime groups is 1. The molecule has 0 aliphatic carbocycles. The molecule has 0 unspecified atom stereocenters. The number of β-lactam (4-membered cyclic amide) rings is 1. The topological polar surface area (TPSA) is 180 Å². The maximum absolute atomic E-state index is 12.9. The number of nitrogen functional groups attached to an aromatic ring is 1. The predicted octanol–water partition coefficient (Wildman–Crippen LogP) is -3.35. The van der Waals surface area contributed by atoms with Crippen molar-refractivity contribution in [3.63, 3.8) is 0 Å². The number of amides is 2. The van der Waals surface area contributed by atoms with Gasteiger partial charge < -0.3 is 30.2 Å². The number of rotatable bonds is 8. The Morgan fingerprint density at radius 3 is 2.94 bits per heavy atom. The molecular weight excluding hydrogens is 529 g/mol. The monoisotopic (exact) mass is 548 g/mol. The van der Waals surface area contributed by atoms with Gasteiger partial charge in [0.15, 0.2) is 16.6 Å². The SMILES string of the molecule is [2H]C([2H])([2H])O/N=C(\C(=O)N[C@@H]1C(=O)N2C(C(=O)[O-])=C(CSC(=O)c3ccco3)CS[C@H]12)c1csc(N)n1.[Na+]. The predicted molar refractivity (Wildman–Crippen MR) is 123 cm³/mol. The summed E-state index contributed by atoms with van der Waals surface area (Å²) >= 11 is 2.96. The van der Waals surface area contributed by atoms with Crippen molar-refractivity contribution >= 4 is 68.6 Å². The minimum Gasteiger partial charge on any atom is -0.543 e. The zero-order chi connectivity index (χ0) is 26.9. The third kappa shape index (κ3) is 5.59. The number of anilines is 1. The van der Waals surface area contributed by atoms with Crippen molar-refractivity contribution in [3.8, 4) is 0 Å². The first-order valence-corrected chi connectivity index (χ1v) is 12.2. The van der Waals surface area contributed by atoms with E-state index in [1.54, 1.807) is 6.07 Å². The van der Waals surface area contributed by atoms with E-state index >= 15 is 0 Å². The summed E-state index contributed by atoms with van der Waals surface area (Å²) in [4.78, 5) is 59.2. The second kappa shape index (κ2) is 11.6. The molecule has 12 nitrogen and oxygen atoms in total. The van der Waals surface area contributed by atoms with Crippen molar-refractivity contribution in [3.05, 3.63) is 46.5 Å². The fourth-order valence-corrected chi connectivity index (χ4v) is 6.08. The molecule has 1 saturated heterocycles. The van der Waals surface area contributed by atoms with Gasteiger partial charge in [0, 0.05) is 16.9 Å². The number of aliphatic carboxylic acids is 1. The van der Waals surface area contributed by atoms with Crippen molar-refractivity contribution in [2.45, 2.75) is 11.4 Å². The largest absolute Gasteiger partial charge is 1.00 e. The Balaban J connectivity index is 0.00000400. The minimum absolute atomic E-state index is 0. The molecule has 2 aliphatic heterocycles. The van der Waals surface area contributed by atoms with Crippen LogP contribution < -0.4 is 45.7 Å². The number of nitrogens with zero attached hydrogens (tertiary/aromatic N) is 3. The summed E-state index contributed by atoms with van der Waals surface area (Å²) in [5.74, 6) is -3.08. The van der Waals surface area contributed by atoms with Gasteiger partial charge in [-0.25, -0.2) is 4.98 Å². The number of fused-ring (bicyclic) bond motifs is 1. The molecular formula is C19H16N5NaO7S3. The number of aromatic nitrogens is 1. The summed E-state index contributed by atoms with van der Waals surface area (Å²) in [5.41, 5.74) is 4.92. The molecule has 0 aromatic carbocycles. The second-order valence-corrected chi connectivity index (χ2v) is 9.70. The van der Waals surface area contributed by atoms with Gasteiger partial charge in [-0.2, -0.15) is 0 Å². The van der Waals surface area contributed by atoms with Crippen LogP contribution >= 0.6 is 34.9 Å². The Morgan fingerprint density at radius 1 is 1.51 bits per heavy atom. The molecule has 2 aromatic rings. The van der Waals surface area contributed by atoms with Crippen molar-refractivity contribution in [1.29, 1.82) is 0 Å². The minimum atomic E-state index is -2.95. The molecule has 16 heteroatoms. The average Bonchev–Trinajstić information content (AvgIpc) is 3.52. The number of thiazole rings is 1. The summed E-state index contributed by atoms with van der Waals surface area (Å²) in [6.07, 6.45) is 1.34. The molecule has 2 aliphatic rings. The van der Waals surface area contributed by atoms with E-state index in [0.717, 1.165) is 28.0 Å². The molecule has 3 N–H and O–H groups in total. The fraction of sp³-hybridized carbons (Fsp3) is 0.263. The number of carboxylic acids is 1. The Hall–Kier alpha value is -2.30. The van der Waals surface area contributed by atoms with Crippen LogP contribution in [0.4, 0.5) is 5.13 Å². The number of nitrogens with two attached hydrogens (primary N) is 1. The number of carboxylic acid groups (broad SMARTS) is 1. The number of nitrogens with one attached hydrogen (secondary N) is 1. The first-order valence-electron chi connectivity index (χ1n) is 10.8. The molecule has 1 fully saturated rings. The molecule has 35 heavy (non-hydrogen) atoms.